The number of anilines is 5. The van der Waals surface area contributed by atoms with Crippen LogP contribution >= 0.6 is 0 Å². The third-order valence-electron chi connectivity index (χ3n) is 8.75. The third kappa shape index (κ3) is 5.39. The van der Waals surface area contributed by atoms with Crippen LogP contribution in [-0.4, -0.2) is 31.6 Å². The van der Waals surface area contributed by atoms with Crippen molar-refractivity contribution in [2.45, 2.75) is 44.1 Å². The minimum Gasteiger partial charge on any atom is -0.349 e. The highest BCUT2D eigenvalue weighted by molar-refractivity contribution is 5.80. The number of nitrogens with zero attached hydrogens (tertiary/aromatic N) is 6. The number of para-hydroxylation sites is 2. The number of hydrogen-bond acceptors (Lipinski definition) is 9. The van der Waals surface area contributed by atoms with Crippen LogP contribution in [0.25, 0.3) is 0 Å². The molecule has 2 N–H and O–H groups in total. The maximum Gasteiger partial charge on any atom is 0.269 e. The Morgan fingerprint density at radius 1 is 0.786 bits per heavy atom. The number of hydrogen-bond donors (Lipinski definition) is 2. The fraction of sp³-hybridized carbons (Fsp3) is 0.312. The zero-order valence-corrected chi connectivity index (χ0v) is 23.1. The quantitative estimate of drug-likeness (QED) is 0.127. The Labute approximate surface area is 244 Å². The topological polar surface area (TPSA) is 121 Å². The molecule has 4 bridgehead atoms. The van der Waals surface area contributed by atoms with Crippen molar-refractivity contribution in [3.8, 4) is 0 Å². The minimum atomic E-state index is -0.422. The van der Waals surface area contributed by atoms with Gasteiger partial charge < -0.3 is 5.32 Å². The molecule has 4 fully saturated rings. The van der Waals surface area contributed by atoms with E-state index in [-0.39, 0.29) is 11.2 Å². The number of nitro groups is 1. The second-order valence-corrected chi connectivity index (χ2v) is 11.8. The number of aromatic nitrogens is 3. The first-order valence-electron chi connectivity index (χ1n) is 14.5. The molecular weight excluding hydrogens is 528 g/mol. The Morgan fingerprint density at radius 2 is 1.33 bits per heavy atom. The highest BCUT2D eigenvalue weighted by Gasteiger charge is 2.51. The van der Waals surface area contributed by atoms with Gasteiger partial charge in [0.05, 0.1) is 11.1 Å². The summed E-state index contributed by atoms with van der Waals surface area (Å²) in [4.78, 5) is 27.1. The molecule has 4 aliphatic rings. The molecule has 1 heterocycles. The number of benzene rings is 3. The van der Waals surface area contributed by atoms with Crippen LogP contribution in [0.3, 0.4) is 0 Å². The summed E-state index contributed by atoms with van der Waals surface area (Å²) in [5.41, 5.74) is 5.59. The van der Waals surface area contributed by atoms with E-state index >= 15 is 0 Å². The highest BCUT2D eigenvalue weighted by atomic mass is 16.6. The van der Waals surface area contributed by atoms with Crippen LogP contribution in [-0.2, 0) is 0 Å². The predicted molar refractivity (Wildman–Crippen MR) is 163 cm³/mol. The van der Waals surface area contributed by atoms with E-state index in [4.69, 9.17) is 15.0 Å². The monoisotopic (exact) mass is 560 g/mol. The summed E-state index contributed by atoms with van der Waals surface area (Å²) in [5.74, 6) is 3.65. The van der Waals surface area contributed by atoms with E-state index in [9.17, 15) is 10.1 Å². The molecule has 4 aromatic rings. The van der Waals surface area contributed by atoms with Gasteiger partial charge in [0.25, 0.3) is 5.69 Å². The summed E-state index contributed by atoms with van der Waals surface area (Å²) in [6.45, 7) is 0. The molecule has 0 aliphatic heterocycles. The van der Waals surface area contributed by atoms with E-state index in [2.05, 4.69) is 15.8 Å². The normalized spacial score (nSPS) is 24.0. The number of non-ortho nitro benzene ring substituents is 1. The van der Waals surface area contributed by atoms with Gasteiger partial charge in [-0.1, -0.05) is 36.4 Å². The SMILES string of the molecule is O=[N+]([O-])c1ccc(C=NNc2nc(NC34CC5CC(CC(C5)C3)C4)nc(N(c3ccccc3)c3ccccc3)n2)cc1. The first kappa shape index (κ1) is 26.1. The van der Waals surface area contributed by atoms with Crippen LogP contribution in [0.4, 0.5) is 34.9 Å². The molecule has 4 saturated carbocycles. The van der Waals surface area contributed by atoms with Crippen molar-refractivity contribution in [2.75, 3.05) is 15.6 Å². The second-order valence-electron chi connectivity index (χ2n) is 11.8. The average molecular weight is 561 g/mol. The maximum atomic E-state index is 11.0. The molecule has 10 nitrogen and oxygen atoms in total. The Balaban J connectivity index is 1.24. The van der Waals surface area contributed by atoms with E-state index in [0.717, 1.165) is 48.4 Å². The Kier molecular flexibility index (Phi) is 6.73. The minimum absolute atomic E-state index is 0.0109. The van der Waals surface area contributed by atoms with Crippen LogP contribution < -0.4 is 15.6 Å². The first-order chi connectivity index (χ1) is 20.5. The summed E-state index contributed by atoms with van der Waals surface area (Å²) in [7, 11) is 0. The molecular formula is C32H32N8O2. The number of hydrazone groups is 1. The molecule has 212 valence electrons. The van der Waals surface area contributed by atoms with Crippen molar-refractivity contribution >= 4 is 41.1 Å². The summed E-state index contributed by atoms with van der Waals surface area (Å²) in [6, 6.07) is 26.3. The van der Waals surface area contributed by atoms with E-state index < -0.39 is 4.92 Å². The van der Waals surface area contributed by atoms with Crippen LogP contribution in [0.2, 0.25) is 0 Å². The van der Waals surface area contributed by atoms with Gasteiger partial charge in [-0.2, -0.15) is 20.1 Å². The third-order valence-corrected chi connectivity index (χ3v) is 8.75. The zero-order chi connectivity index (χ0) is 28.5. The summed E-state index contributed by atoms with van der Waals surface area (Å²) >= 11 is 0. The van der Waals surface area contributed by atoms with Gasteiger partial charge in [0.15, 0.2) is 0 Å². The highest BCUT2D eigenvalue weighted by Crippen LogP contribution is 2.56. The first-order valence-corrected chi connectivity index (χ1v) is 14.5. The standard InChI is InChI=1S/C32H32N8O2/c41-40(42)28-13-11-22(12-14-28)21-33-38-30-34-29(37-32-18-23-15-24(19-32)17-25(16-23)20-32)35-31(36-30)39(26-7-3-1-4-8-26)27-9-5-2-6-10-27/h1-14,21,23-25H,15-20H2,(H2,34,35,36,37,38). The molecule has 10 heteroatoms. The molecule has 0 spiro atoms. The van der Waals surface area contributed by atoms with Crippen molar-refractivity contribution in [2.24, 2.45) is 22.9 Å². The lowest BCUT2D eigenvalue weighted by atomic mass is 9.53. The van der Waals surface area contributed by atoms with E-state index in [1.807, 2.05) is 65.6 Å². The summed E-state index contributed by atoms with van der Waals surface area (Å²) in [6.07, 6.45) is 9.11. The molecule has 0 amide bonds. The molecule has 0 radical (unpaired) electrons. The van der Waals surface area contributed by atoms with Gasteiger partial charge in [0.2, 0.25) is 17.8 Å². The molecule has 8 rings (SSSR count). The van der Waals surface area contributed by atoms with Crippen molar-refractivity contribution < 1.29 is 4.92 Å². The number of nitrogens with one attached hydrogen (secondary N) is 2. The number of nitro benzene ring substituents is 1. The number of rotatable bonds is 9. The fourth-order valence-corrected chi connectivity index (χ4v) is 7.45. The largest absolute Gasteiger partial charge is 0.349 e. The summed E-state index contributed by atoms with van der Waals surface area (Å²) in [5, 5.41) is 19.2. The molecule has 0 atom stereocenters. The lowest BCUT2D eigenvalue weighted by molar-refractivity contribution is -0.384. The van der Waals surface area contributed by atoms with Gasteiger partial charge >= 0.3 is 0 Å². The van der Waals surface area contributed by atoms with Crippen LogP contribution in [0, 0.1) is 27.9 Å². The predicted octanol–water partition coefficient (Wildman–Crippen LogP) is 7.08. The van der Waals surface area contributed by atoms with Crippen LogP contribution in [0.1, 0.15) is 44.1 Å². The van der Waals surface area contributed by atoms with E-state index in [0.29, 0.717) is 23.4 Å². The average Bonchev–Trinajstić information content (AvgIpc) is 2.98. The summed E-state index contributed by atoms with van der Waals surface area (Å²) < 4.78 is 0. The second kappa shape index (κ2) is 10.8. The lowest BCUT2D eigenvalue weighted by Crippen LogP contribution is -2.55. The molecule has 4 aliphatic carbocycles. The molecule has 0 unspecified atom stereocenters. The molecule has 0 saturated heterocycles. The van der Waals surface area contributed by atoms with Crippen LogP contribution in [0.15, 0.2) is 90.0 Å². The van der Waals surface area contributed by atoms with Crippen LogP contribution in [0.5, 0.6) is 0 Å². The van der Waals surface area contributed by atoms with E-state index in [1.165, 1.54) is 31.4 Å². The van der Waals surface area contributed by atoms with Crippen molar-refractivity contribution in [3.63, 3.8) is 0 Å². The van der Waals surface area contributed by atoms with Gasteiger partial charge in [-0.05, 0) is 98.2 Å². The Morgan fingerprint density at radius 3 is 1.88 bits per heavy atom. The smallest absolute Gasteiger partial charge is 0.269 e. The fourth-order valence-electron chi connectivity index (χ4n) is 7.45. The van der Waals surface area contributed by atoms with Crippen molar-refractivity contribution in [3.05, 3.63) is 101 Å². The molecule has 3 aromatic carbocycles. The van der Waals surface area contributed by atoms with Gasteiger partial charge in [-0.3, -0.25) is 15.0 Å². The molecule has 42 heavy (non-hydrogen) atoms. The lowest BCUT2D eigenvalue weighted by Gasteiger charge is -2.56. The Hall–Kier alpha value is -4.86. The Bertz CT molecular complexity index is 1520. The van der Waals surface area contributed by atoms with Gasteiger partial charge in [0.1, 0.15) is 0 Å². The van der Waals surface area contributed by atoms with Gasteiger partial charge in [-0.15, -0.1) is 0 Å². The zero-order valence-electron chi connectivity index (χ0n) is 23.1. The maximum absolute atomic E-state index is 11.0. The van der Waals surface area contributed by atoms with Gasteiger partial charge in [0, 0.05) is 29.0 Å². The van der Waals surface area contributed by atoms with Crippen molar-refractivity contribution in [1.29, 1.82) is 0 Å². The van der Waals surface area contributed by atoms with Gasteiger partial charge in [-0.25, -0.2) is 5.43 Å². The van der Waals surface area contributed by atoms with Crippen molar-refractivity contribution in [1.82, 2.24) is 15.0 Å². The van der Waals surface area contributed by atoms with E-state index in [1.54, 1.807) is 18.3 Å². The molecule has 1 aromatic heterocycles.